The van der Waals surface area contributed by atoms with Gasteiger partial charge < -0.3 is 14.5 Å². The minimum Gasteiger partial charge on any atom is -0.465 e. The Labute approximate surface area is 167 Å². The van der Waals surface area contributed by atoms with E-state index in [2.05, 4.69) is 5.32 Å². The number of rotatable bonds is 5. The molecule has 1 N–H and O–H groups in total. The van der Waals surface area contributed by atoms with Crippen molar-refractivity contribution in [1.82, 2.24) is 10.3 Å². The number of allylic oxidation sites excluding steroid dienone is 1. The number of aromatic nitrogens is 1. The van der Waals surface area contributed by atoms with Crippen LogP contribution in [0.15, 0.2) is 47.1 Å². The van der Waals surface area contributed by atoms with E-state index in [1.165, 1.54) is 0 Å². The molecule has 0 saturated heterocycles. The fourth-order valence-electron chi connectivity index (χ4n) is 3.76. The minimum atomic E-state index is -0.481. The van der Waals surface area contributed by atoms with Crippen LogP contribution >= 0.6 is 0 Å². The molecule has 5 rings (SSSR count). The van der Waals surface area contributed by atoms with Gasteiger partial charge >= 0.3 is 5.97 Å². The molecule has 0 spiro atoms. The number of amides is 1. The second-order valence-electron chi connectivity index (χ2n) is 7.43. The lowest BCUT2D eigenvalue weighted by atomic mass is 10.0. The van der Waals surface area contributed by atoms with E-state index >= 15 is 0 Å². The summed E-state index contributed by atoms with van der Waals surface area (Å²) in [5.41, 5.74) is 3.94. The molecular formula is C23H20N2O4. The molecule has 2 aliphatic rings. The largest absolute Gasteiger partial charge is 0.465 e. The number of nitrogens with one attached hydrogen (secondary N) is 1. The lowest BCUT2D eigenvalue weighted by Crippen LogP contribution is -2.30. The highest BCUT2D eigenvalue weighted by molar-refractivity contribution is 6.07. The summed E-state index contributed by atoms with van der Waals surface area (Å²) in [6, 6.07) is 11.5. The number of fused-ring (bicyclic) bond motifs is 2. The number of carbonyl (C=O) groups is 2. The van der Waals surface area contributed by atoms with Crippen LogP contribution in [0.3, 0.4) is 0 Å². The second kappa shape index (κ2) is 7.20. The molecule has 1 aromatic carbocycles. The highest BCUT2D eigenvalue weighted by Gasteiger charge is 2.29. The van der Waals surface area contributed by atoms with Gasteiger partial charge in [-0.3, -0.25) is 4.79 Å². The molecule has 1 fully saturated rings. The molecule has 2 aromatic heterocycles. The Morgan fingerprint density at radius 3 is 2.83 bits per heavy atom. The first-order chi connectivity index (χ1) is 14.2. The van der Waals surface area contributed by atoms with Crippen molar-refractivity contribution in [3.63, 3.8) is 0 Å². The van der Waals surface area contributed by atoms with Gasteiger partial charge in [-0.25, -0.2) is 9.78 Å². The van der Waals surface area contributed by atoms with Gasteiger partial charge in [0.25, 0.3) is 5.91 Å². The van der Waals surface area contributed by atoms with Gasteiger partial charge in [-0.1, -0.05) is 18.2 Å². The Hall–Kier alpha value is -3.41. The third-order valence-corrected chi connectivity index (χ3v) is 5.28. The van der Waals surface area contributed by atoms with E-state index in [4.69, 9.17) is 14.1 Å². The topological polar surface area (TPSA) is 81.4 Å². The number of hydrogen-bond acceptors (Lipinski definition) is 5. The summed E-state index contributed by atoms with van der Waals surface area (Å²) in [7, 11) is 0. The molecule has 146 valence electrons. The highest BCUT2D eigenvalue weighted by Crippen LogP contribution is 2.37. The Bertz CT molecular complexity index is 1130. The third-order valence-electron chi connectivity index (χ3n) is 5.28. The molecule has 0 bridgehead atoms. The molecule has 0 aliphatic heterocycles. The van der Waals surface area contributed by atoms with E-state index in [-0.39, 0.29) is 18.6 Å². The molecule has 1 saturated carbocycles. The van der Waals surface area contributed by atoms with Gasteiger partial charge in [-0.15, -0.1) is 0 Å². The molecule has 2 aliphatic carbocycles. The number of carbonyl (C=O) groups excluding carboxylic acids is 2. The van der Waals surface area contributed by atoms with Crippen LogP contribution in [-0.2, 0) is 16.0 Å². The lowest BCUT2D eigenvalue weighted by Gasteiger charge is -2.12. The summed E-state index contributed by atoms with van der Waals surface area (Å²) in [6.45, 7) is -0.268. The van der Waals surface area contributed by atoms with Crippen molar-refractivity contribution in [2.45, 2.75) is 31.7 Å². The van der Waals surface area contributed by atoms with E-state index in [1.54, 1.807) is 6.26 Å². The Morgan fingerprint density at radius 1 is 1.17 bits per heavy atom. The maximum absolute atomic E-state index is 13.0. The average molecular weight is 388 g/mol. The van der Waals surface area contributed by atoms with Gasteiger partial charge in [0, 0.05) is 11.4 Å². The van der Waals surface area contributed by atoms with Gasteiger partial charge in [0.1, 0.15) is 5.76 Å². The van der Waals surface area contributed by atoms with Crippen molar-refractivity contribution in [1.29, 1.82) is 0 Å². The first-order valence-electron chi connectivity index (χ1n) is 9.81. The monoisotopic (exact) mass is 388 g/mol. The van der Waals surface area contributed by atoms with Gasteiger partial charge in [0.2, 0.25) is 0 Å². The maximum atomic E-state index is 13.0. The van der Waals surface area contributed by atoms with E-state index in [0.29, 0.717) is 12.0 Å². The number of nitrogens with zero attached hydrogens (tertiary/aromatic N) is 1. The summed E-state index contributed by atoms with van der Waals surface area (Å²) in [5, 5.41) is 3.58. The number of hydrogen-bond donors (Lipinski definition) is 1. The van der Waals surface area contributed by atoms with Gasteiger partial charge in [-0.2, -0.15) is 0 Å². The SMILES string of the molecule is O=C(COC(=O)c1c2c(nc3ccccc13)/C(=C/c1ccco1)CC2)NC1CC1. The maximum Gasteiger partial charge on any atom is 0.339 e. The van der Waals surface area contributed by atoms with Crippen LogP contribution in [0.5, 0.6) is 0 Å². The lowest BCUT2D eigenvalue weighted by molar-refractivity contribution is -0.124. The van der Waals surface area contributed by atoms with Crippen LogP contribution in [0.1, 0.15) is 46.6 Å². The zero-order valence-corrected chi connectivity index (χ0v) is 15.8. The Balaban J connectivity index is 1.50. The van der Waals surface area contributed by atoms with Crippen LogP contribution in [0.4, 0.5) is 0 Å². The minimum absolute atomic E-state index is 0.238. The van der Waals surface area contributed by atoms with Crippen LogP contribution in [0.2, 0.25) is 0 Å². The van der Waals surface area contributed by atoms with Gasteiger partial charge in [0.05, 0.1) is 23.0 Å². The highest BCUT2D eigenvalue weighted by atomic mass is 16.5. The number of para-hydroxylation sites is 1. The van der Waals surface area contributed by atoms with Crippen LogP contribution < -0.4 is 5.32 Å². The Morgan fingerprint density at radius 2 is 2.03 bits per heavy atom. The normalized spacial score (nSPS) is 16.8. The molecule has 0 unspecified atom stereocenters. The summed E-state index contributed by atoms with van der Waals surface area (Å²) in [6.07, 6.45) is 7.04. The molecule has 1 amide bonds. The second-order valence-corrected chi connectivity index (χ2v) is 7.43. The number of pyridine rings is 1. The van der Waals surface area contributed by atoms with Crippen molar-refractivity contribution < 1.29 is 18.7 Å². The fraction of sp³-hybridized carbons (Fsp3) is 0.261. The number of ether oxygens (including phenoxy) is 1. The fourth-order valence-corrected chi connectivity index (χ4v) is 3.76. The third kappa shape index (κ3) is 3.53. The first-order valence-corrected chi connectivity index (χ1v) is 9.81. The molecule has 29 heavy (non-hydrogen) atoms. The molecule has 6 heteroatoms. The number of esters is 1. The summed E-state index contributed by atoms with van der Waals surface area (Å²) < 4.78 is 10.8. The number of benzene rings is 1. The molecule has 3 aromatic rings. The molecule has 0 radical (unpaired) electrons. The zero-order chi connectivity index (χ0) is 19.8. The van der Waals surface area contributed by atoms with Gasteiger partial charge in [-0.05, 0) is 61.1 Å². The molecular weight excluding hydrogens is 368 g/mol. The average Bonchev–Trinajstić information content (AvgIpc) is 3.22. The smallest absolute Gasteiger partial charge is 0.339 e. The zero-order valence-electron chi connectivity index (χ0n) is 15.8. The van der Waals surface area contributed by atoms with Crippen LogP contribution in [0.25, 0.3) is 22.6 Å². The molecule has 2 heterocycles. The molecule has 0 atom stereocenters. The van der Waals surface area contributed by atoms with Crippen molar-refractivity contribution in [3.8, 4) is 0 Å². The van der Waals surface area contributed by atoms with Crippen molar-refractivity contribution >= 4 is 34.4 Å². The van der Waals surface area contributed by atoms with Crippen LogP contribution in [-0.4, -0.2) is 29.5 Å². The first kappa shape index (κ1) is 17.7. The van der Waals surface area contributed by atoms with Crippen molar-refractivity contribution in [2.24, 2.45) is 0 Å². The van der Waals surface area contributed by atoms with Gasteiger partial charge in [0.15, 0.2) is 6.61 Å². The quantitative estimate of drug-likeness (QED) is 0.673. The van der Waals surface area contributed by atoms with E-state index in [1.807, 2.05) is 42.5 Å². The number of furan rings is 1. The molecule has 6 nitrogen and oxygen atoms in total. The Kier molecular flexibility index (Phi) is 4.39. The van der Waals surface area contributed by atoms with E-state index < -0.39 is 5.97 Å². The summed E-state index contributed by atoms with van der Waals surface area (Å²) in [4.78, 5) is 29.7. The predicted molar refractivity (Wildman–Crippen MR) is 108 cm³/mol. The van der Waals surface area contributed by atoms with Crippen LogP contribution in [0, 0.1) is 0 Å². The van der Waals surface area contributed by atoms with Crippen molar-refractivity contribution in [3.05, 3.63) is 65.2 Å². The standard InChI is InChI=1S/C23H20N2O4/c26-20(24-15-8-9-15)13-29-23(27)21-17-5-1-2-6-19(17)25-22-14(7-10-18(21)22)12-16-4-3-11-28-16/h1-6,11-12,15H,7-10,13H2,(H,24,26)/b14-12+. The van der Waals surface area contributed by atoms with Crippen molar-refractivity contribution in [2.75, 3.05) is 6.61 Å². The summed E-state index contributed by atoms with van der Waals surface area (Å²) >= 11 is 0. The summed E-state index contributed by atoms with van der Waals surface area (Å²) in [5.74, 6) is 0.0167. The van der Waals surface area contributed by atoms with E-state index in [0.717, 1.165) is 52.8 Å². The predicted octanol–water partition coefficient (Wildman–Crippen LogP) is 3.75. The van der Waals surface area contributed by atoms with E-state index in [9.17, 15) is 9.59 Å².